The summed E-state index contributed by atoms with van der Waals surface area (Å²) >= 11 is 11.9. The number of sulfonamides is 1. The molecule has 0 saturated heterocycles. The number of aryl methyl sites for hydroxylation is 1. The van der Waals surface area contributed by atoms with Crippen molar-refractivity contribution in [3.8, 4) is 0 Å². The van der Waals surface area contributed by atoms with Crippen molar-refractivity contribution >= 4 is 44.8 Å². The highest BCUT2D eigenvalue weighted by molar-refractivity contribution is 7.92. The van der Waals surface area contributed by atoms with Gasteiger partial charge in [-0.25, -0.2) is 8.42 Å². The average Bonchev–Trinajstić information content (AvgIpc) is 2.74. The quantitative estimate of drug-likeness (QED) is 0.447. The first-order chi connectivity index (χ1) is 14.8. The second-order valence-electron chi connectivity index (χ2n) is 6.96. The van der Waals surface area contributed by atoms with Gasteiger partial charge in [0.2, 0.25) is 0 Å². The molecule has 0 heterocycles. The summed E-state index contributed by atoms with van der Waals surface area (Å²) in [5.41, 5.74) is 1.86. The summed E-state index contributed by atoms with van der Waals surface area (Å²) in [5.74, 6) is -0.339. The van der Waals surface area contributed by atoms with E-state index >= 15 is 0 Å². The molecule has 0 fully saturated rings. The number of amides is 1. The molecule has 0 spiro atoms. The second kappa shape index (κ2) is 10.2. The Morgan fingerprint density at radius 2 is 1.65 bits per heavy atom. The first-order valence-corrected chi connectivity index (χ1v) is 11.9. The number of nitrogens with one attached hydrogen (secondary N) is 1. The van der Waals surface area contributed by atoms with E-state index in [-0.39, 0.29) is 28.9 Å². The number of hydrogen-bond donors (Lipinski definition) is 1. The van der Waals surface area contributed by atoms with E-state index in [2.05, 4.69) is 5.32 Å². The van der Waals surface area contributed by atoms with Gasteiger partial charge in [-0.15, -0.1) is 0 Å². The fourth-order valence-corrected chi connectivity index (χ4v) is 5.01. The van der Waals surface area contributed by atoms with Gasteiger partial charge in [0.1, 0.15) is 0 Å². The van der Waals surface area contributed by atoms with Gasteiger partial charge in [0.15, 0.2) is 0 Å². The number of carbonyl (C=O) groups is 1. The largest absolute Gasteiger partial charge is 0.352 e. The Hall–Kier alpha value is -2.54. The lowest BCUT2D eigenvalue weighted by atomic mass is 10.2. The van der Waals surface area contributed by atoms with Gasteiger partial charge in [0.25, 0.3) is 15.9 Å². The lowest BCUT2D eigenvalue weighted by molar-refractivity contribution is 0.0953. The number of nitrogens with zero attached hydrogens (tertiary/aromatic N) is 1. The summed E-state index contributed by atoms with van der Waals surface area (Å²) in [7, 11) is -3.75. The highest BCUT2D eigenvalue weighted by atomic mass is 35.5. The van der Waals surface area contributed by atoms with Crippen LogP contribution in [0.15, 0.2) is 77.7 Å². The molecule has 0 aliphatic heterocycles. The van der Waals surface area contributed by atoms with E-state index in [1.54, 1.807) is 60.7 Å². The molecule has 1 amide bonds. The van der Waals surface area contributed by atoms with Crippen LogP contribution in [0.4, 0.5) is 5.69 Å². The summed E-state index contributed by atoms with van der Waals surface area (Å²) in [5, 5.41) is 3.48. The summed E-state index contributed by atoms with van der Waals surface area (Å²) in [6.07, 6.45) is 0.414. The molecule has 0 radical (unpaired) electrons. The van der Waals surface area contributed by atoms with Crippen LogP contribution in [0, 0.1) is 6.92 Å². The predicted molar refractivity (Wildman–Crippen MR) is 126 cm³/mol. The number of anilines is 1. The smallest absolute Gasteiger partial charge is 0.264 e. The monoisotopic (exact) mass is 476 g/mol. The van der Waals surface area contributed by atoms with Crippen LogP contribution in [-0.2, 0) is 10.0 Å². The number of para-hydroxylation sites is 1. The van der Waals surface area contributed by atoms with E-state index in [0.717, 1.165) is 5.56 Å². The van der Waals surface area contributed by atoms with Gasteiger partial charge in [0, 0.05) is 18.1 Å². The molecule has 1 N–H and O–H groups in total. The first-order valence-electron chi connectivity index (χ1n) is 9.67. The van der Waals surface area contributed by atoms with Crippen LogP contribution in [0.25, 0.3) is 0 Å². The number of hydrogen-bond acceptors (Lipinski definition) is 3. The van der Waals surface area contributed by atoms with E-state index in [1.807, 2.05) is 13.0 Å². The van der Waals surface area contributed by atoms with Gasteiger partial charge in [-0.05, 0) is 55.8 Å². The van der Waals surface area contributed by atoms with Crippen LogP contribution in [0.1, 0.15) is 22.3 Å². The molecule has 0 bridgehead atoms. The van der Waals surface area contributed by atoms with Crippen molar-refractivity contribution in [1.29, 1.82) is 0 Å². The summed E-state index contributed by atoms with van der Waals surface area (Å²) in [4.78, 5) is 12.6. The van der Waals surface area contributed by atoms with E-state index < -0.39 is 10.0 Å². The predicted octanol–water partition coefficient (Wildman–Crippen LogP) is 5.32. The molecule has 0 aliphatic carbocycles. The van der Waals surface area contributed by atoms with Crippen LogP contribution < -0.4 is 9.62 Å². The molecule has 162 valence electrons. The van der Waals surface area contributed by atoms with E-state index in [4.69, 9.17) is 23.2 Å². The molecular weight excluding hydrogens is 455 g/mol. The Kier molecular flexibility index (Phi) is 7.59. The lowest BCUT2D eigenvalue weighted by Gasteiger charge is -2.24. The van der Waals surface area contributed by atoms with Crippen molar-refractivity contribution in [2.45, 2.75) is 18.2 Å². The number of benzene rings is 3. The first kappa shape index (κ1) is 23.1. The van der Waals surface area contributed by atoms with Crippen molar-refractivity contribution < 1.29 is 13.2 Å². The van der Waals surface area contributed by atoms with Gasteiger partial charge in [-0.1, -0.05) is 59.1 Å². The van der Waals surface area contributed by atoms with Gasteiger partial charge < -0.3 is 5.32 Å². The van der Waals surface area contributed by atoms with Crippen LogP contribution in [0.3, 0.4) is 0 Å². The molecule has 3 aromatic carbocycles. The highest BCUT2D eigenvalue weighted by Gasteiger charge is 2.24. The van der Waals surface area contributed by atoms with Crippen LogP contribution in [0.5, 0.6) is 0 Å². The topological polar surface area (TPSA) is 66.5 Å². The SMILES string of the molecule is Cc1ccc(S(=O)(=O)N(CCCNC(=O)c2ccc(Cl)cc2Cl)c2ccccc2)cc1. The van der Waals surface area contributed by atoms with Crippen LogP contribution >= 0.6 is 23.2 Å². The van der Waals surface area contributed by atoms with E-state index in [0.29, 0.717) is 22.7 Å². The molecule has 0 saturated carbocycles. The third kappa shape index (κ3) is 5.79. The van der Waals surface area contributed by atoms with Crippen molar-refractivity contribution in [2.75, 3.05) is 17.4 Å². The van der Waals surface area contributed by atoms with Crippen molar-refractivity contribution in [3.05, 3.63) is 94.0 Å². The Labute approximate surface area is 192 Å². The fraction of sp³-hybridized carbons (Fsp3) is 0.174. The summed E-state index contributed by atoms with van der Waals surface area (Å²) in [6.45, 7) is 2.39. The molecule has 5 nitrogen and oxygen atoms in total. The maximum absolute atomic E-state index is 13.3. The Morgan fingerprint density at radius 3 is 2.29 bits per heavy atom. The molecule has 0 aliphatic rings. The molecule has 0 unspecified atom stereocenters. The lowest BCUT2D eigenvalue weighted by Crippen LogP contribution is -2.34. The molecule has 31 heavy (non-hydrogen) atoms. The van der Waals surface area contributed by atoms with Crippen molar-refractivity contribution in [2.24, 2.45) is 0 Å². The van der Waals surface area contributed by atoms with Crippen LogP contribution in [-0.4, -0.2) is 27.4 Å². The van der Waals surface area contributed by atoms with Gasteiger partial charge in [-0.2, -0.15) is 0 Å². The minimum Gasteiger partial charge on any atom is -0.352 e. The third-order valence-electron chi connectivity index (χ3n) is 4.65. The average molecular weight is 477 g/mol. The van der Waals surface area contributed by atoms with Gasteiger partial charge >= 0.3 is 0 Å². The molecule has 0 atom stereocenters. The van der Waals surface area contributed by atoms with Gasteiger partial charge in [-0.3, -0.25) is 9.10 Å². The van der Waals surface area contributed by atoms with Crippen molar-refractivity contribution in [1.82, 2.24) is 5.32 Å². The maximum atomic E-state index is 13.3. The highest BCUT2D eigenvalue weighted by Crippen LogP contribution is 2.24. The van der Waals surface area contributed by atoms with E-state index in [9.17, 15) is 13.2 Å². The van der Waals surface area contributed by atoms with Crippen LogP contribution in [0.2, 0.25) is 10.0 Å². The zero-order chi connectivity index (χ0) is 22.4. The molecule has 8 heteroatoms. The number of rotatable bonds is 8. The zero-order valence-electron chi connectivity index (χ0n) is 16.9. The summed E-state index contributed by atoms with van der Waals surface area (Å²) in [6, 6.07) is 20.3. The Bertz CT molecular complexity index is 1150. The molecule has 3 aromatic rings. The van der Waals surface area contributed by atoms with E-state index in [1.165, 1.54) is 10.4 Å². The standard InChI is InChI=1S/C23H22Cl2N2O3S/c1-17-8-11-20(12-9-17)31(29,30)27(19-6-3-2-4-7-19)15-5-14-26-23(28)21-13-10-18(24)16-22(21)25/h2-4,6-13,16H,5,14-15H2,1H3,(H,26,28). The molecule has 3 rings (SSSR count). The van der Waals surface area contributed by atoms with Gasteiger partial charge in [0.05, 0.1) is 21.2 Å². The third-order valence-corrected chi connectivity index (χ3v) is 7.04. The number of halogens is 2. The maximum Gasteiger partial charge on any atom is 0.264 e. The second-order valence-corrected chi connectivity index (χ2v) is 9.67. The summed E-state index contributed by atoms with van der Waals surface area (Å²) < 4.78 is 27.9. The van der Waals surface area contributed by atoms with Crippen molar-refractivity contribution in [3.63, 3.8) is 0 Å². The minimum atomic E-state index is -3.75. The fourth-order valence-electron chi connectivity index (χ4n) is 3.01. The number of carbonyl (C=O) groups excluding carboxylic acids is 1. The zero-order valence-corrected chi connectivity index (χ0v) is 19.2. The Morgan fingerprint density at radius 1 is 0.968 bits per heavy atom. The minimum absolute atomic E-state index is 0.203. The molecule has 0 aromatic heterocycles. The Balaban J connectivity index is 1.71. The molecular formula is C23H22Cl2N2O3S. The normalized spacial score (nSPS) is 11.2.